The van der Waals surface area contributed by atoms with Crippen LogP contribution in [0.5, 0.6) is 0 Å². The topological polar surface area (TPSA) is 86.5 Å². The number of ketones is 1. The van der Waals surface area contributed by atoms with Gasteiger partial charge in [-0.3, -0.25) is 14.9 Å². The number of nitro groups is 1. The number of benzene rings is 1. The van der Waals surface area contributed by atoms with Crippen LogP contribution in [0.1, 0.15) is 81.6 Å². The van der Waals surface area contributed by atoms with Crippen molar-refractivity contribution in [3.8, 4) is 0 Å². The molecule has 0 aromatic heterocycles. The maximum Gasteiger partial charge on any atom is 0.339 e. The van der Waals surface area contributed by atoms with Gasteiger partial charge in [0.15, 0.2) is 11.9 Å². The van der Waals surface area contributed by atoms with Crippen molar-refractivity contribution in [1.82, 2.24) is 0 Å². The van der Waals surface area contributed by atoms with Crippen molar-refractivity contribution in [3.63, 3.8) is 0 Å². The minimum Gasteiger partial charge on any atom is -0.451 e. The van der Waals surface area contributed by atoms with Gasteiger partial charge in [-0.1, -0.05) is 77.0 Å². The van der Waals surface area contributed by atoms with Crippen LogP contribution < -0.4 is 0 Å². The first-order valence-electron chi connectivity index (χ1n) is 9.89. The van der Waals surface area contributed by atoms with Crippen LogP contribution in [0.3, 0.4) is 0 Å². The monoisotopic (exact) mass is 533 g/mol. The molecule has 0 saturated heterocycles. The van der Waals surface area contributed by atoms with Crippen molar-refractivity contribution in [1.29, 1.82) is 0 Å². The number of unbranched alkanes of at least 4 members (excludes halogenated alkanes) is 5. The molecule has 162 valence electrons. The van der Waals surface area contributed by atoms with Crippen LogP contribution in [-0.4, -0.2) is 27.1 Å². The van der Waals surface area contributed by atoms with Gasteiger partial charge in [-0.25, -0.2) is 4.79 Å². The highest BCUT2D eigenvalue weighted by Gasteiger charge is 2.34. The Morgan fingerprint density at radius 1 is 1.17 bits per heavy atom. The van der Waals surface area contributed by atoms with Crippen molar-refractivity contribution in [2.75, 3.05) is 0 Å². The molecule has 1 aromatic rings. The van der Waals surface area contributed by atoms with E-state index in [2.05, 4.69) is 38.8 Å². The van der Waals surface area contributed by atoms with Crippen LogP contribution in [0.15, 0.2) is 18.2 Å². The zero-order valence-corrected chi connectivity index (χ0v) is 20.4. The lowest BCUT2D eigenvalue weighted by Crippen LogP contribution is -2.38. The Kier molecular flexibility index (Phi) is 11.0. The number of hydrogen-bond donors (Lipinski definition) is 0. The zero-order chi connectivity index (χ0) is 22.0. The molecular formula is C21H29Br2NO5. The van der Waals surface area contributed by atoms with Crippen LogP contribution >= 0.6 is 31.9 Å². The van der Waals surface area contributed by atoms with Gasteiger partial charge in [-0.15, -0.1) is 0 Å². The van der Waals surface area contributed by atoms with E-state index in [1.54, 1.807) is 13.8 Å². The number of hydrogen-bond acceptors (Lipinski definition) is 5. The second-order valence-electron chi connectivity index (χ2n) is 7.52. The summed E-state index contributed by atoms with van der Waals surface area (Å²) in [7, 11) is 0. The summed E-state index contributed by atoms with van der Waals surface area (Å²) < 4.78 is 4.68. The number of carbonyl (C=O) groups is 2. The van der Waals surface area contributed by atoms with E-state index in [1.165, 1.54) is 24.6 Å². The first-order chi connectivity index (χ1) is 13.6. The molecule has 1 unspecified atom stereocenters. The number of nitro benzene ring substituents is 1. The Balaban J connectivity index is 2.89. The third-order valence-corrected chi connectivity index (χ3v) is 5.60. The number of Topliss-reactive ketones (excluding diaryl/α,β-unsaturated/α-hetero) is 1. The van der Waals surface area contributed by atoms with Gasteiger partial charge in [0.1, 0.15) is 0 Å². The highest BCUT2D eigenvalue weighted by molar-refractivity contribution is 9.10. The molecule has 0 amide bonds. The standard InChI is InChI=1S/C21H29Br2NO5/c1-4-5-6-7-8-9-10-18(19(25)21(2,3)23)29-20(26)15-11-12-16(14-22)17(13-15)24(27)28/h11-13,18H,4-10,14H2,1-3H3. The molecule has 0 saturated carbocycles. The first-order valence-corrected chi connectivity index (χ1v) is 11.8. The van der Waals surface area contributed by atoms with Crippen LogP contribution in [0.4, 0.5) is 5.69 Å². The van der Waals surface area contributed by atoms with Crippen molar-refractivity contribution in [2.24, 2.45) is 0 Å². The van der Waals surface area contributed by atoms with Crippen LogP contribution in [0, 0.1) is 10.1 Å². The normalized spacial score (nSPS) is 12.4. The fourth-order valence-electron chi connectivity index (χ4n) is 2.91. The maximum atomic E-state index is 12.7. The number of halogens is 2. The second-order valence-corrected chi connectivity index (χ2v) is 10.1. The summed E-state index contributed by atoms with van der Waals surface area (Å²) in [5, 5.41) is 11.5. The number of carbonyl (C=O) groups excluding carboxylic acids is 2. The summed E-state index contributed by atoms with van der Waals surface area (Å²) in [5.41, 5.74) is 0.373. The van der Waals surface area contributed by atoms with E-state index in [1.807, 2.05) is 0 Å². The van der Waals surface area contributed by atoms with Crippen LogP contribution in [0.2, 0.25) is 0 Å². The molecule has 1 aromatic carbocycles. The quantitative estimate of drug-likeness (QED) is 0.0946. The Labute approximate surface area is 189 Å². The third kappa shape index (κ3) is 8.54. The molecule has 0 spiro atoms. The van der Waals surface area contributed by atoms with E-state index >= 15 is 0 Å². The molecule has 29 heavy (non-hydrogen) atoms. The lowest BCUT2D eigenvalue weighted by Gasteiger charge is -2.23. The van der Waals surface area contributed by atoms with Crippen molar-refractivity contribution >= 4 is 49.3 Å². The molecule has 0 aliphatic carbocycles. The minimum atomic E-state index is -0.891. The van der Waals surface area contributed by atoms with Gasteiger partial charge in [-0.05, 0) is 32.8 Å². The summed E-state index contributed by atoms with van der Waals surface area (Å²) in [5.74, 6) is -0.943. The highest BCUT2D eigenvalue weighted by atomic mass is 79.9. The average Bonchev–Trinajstić information content (AvgIpc) is 2.67. The number of ether oxygens (including phenoxy) is 1. The van der Waals surface area contributed by atoms with Crippen molar-refractivity contribution < 1.29 is 19.2 Å². The summed E-state index contributed by atoms with van der Waals surface area (Å²) in [6, 6.07) is 4.20. The largest absolute Gasteiger partial charge is 0.451 e. The molecule has 0 heterocycles. The van der Waals surface area contributed by atoms with Crippen molar-refractivity contribution in [2.45, 2.75) is 81.5 Å². The predicted octanol–water partition coefficient (Wildman–Crippen LogP) is 6.51. The molecule has 1 rings (SSSR count). The number of esters is 1. The molecule has 6 nitrogen and oxygen atoms in total. The van der Waals surface area contributed by atoms with Gasteiger partial charge in [0.25, 0.3) is 5.69 Å². The Hall–Kier alpha value is -1.28. The highest BCUT2D eigenvalue weighted by Crippen LogP contribution is 2.26. The molecule has 0 N–H and O–H groups in total. The van der Waals surface area contributed by atoms with Gasteiger partial charge in [0.05, 0.1) is 14.8 Å². The van der Waals surface area contributed by atoms with E-state index in [0.29, 0.717) is 17.3 Å². The number of rotatable bonds is 13. The summed E-state index contributed by atoms with van der Waals surface area (Å²) in [6.07, 6.45) is 5.88. The SMILES string of the molecule is CCCCCCCCC(OC(=O)c1ccc(CBr)c([N+](=O)[O-])c1)C(=O)C(C)(C)Br. The van der Waals surface area contributed by atoms with Crippen LogP contribution in [-0.2, 0) is 14.9 Å². The van der Waals surface area contributed by atoms with Gasteiger partial charge >= 0.3 is 5.97 Å². The Bertz CT molecular complexity index is 716. The third-order valence-electron chi connectivity index (χ3n) is 4.61. The van der Waals surface area contributed by atoms with Gasteiger partial charge < -0.3 is 4.74 Å². The molecule has 0 radical (unpaired) electrons. The molecular weight excluding hydrogens is 506 g/mol. The zero-order valence-electron chi connectivity index (χ0n) is 17.2. The van der Waals surface area contributed by atoms with Gasteiger partial charge in [0.2, 0.25) is 0 Å². The van der Waals surface area contributed by atoms with Gasteiger partial charge in [-0.2, -0.15) is 0 Å². The number of alkyl halides is 2. The second kappa shape index (κ2) is 12.4. The average molecular weight is 535 g/mol. The first kappa shape index (κ1) is 25.8. The van der Waals surface area contributed by atoms with E-state index in [-0.39, 0.29) is 17.0 Å². The summed E-state index contributed by atoms with van der Waals surface area (Å²) in [6.45, 7) is 5.58. The van der Waals surface area contributed by atoms with E-state index < -0.39 is 21.3 Å². The lowest BCUT2D eigenvalue weighted by molar-refractivity contribution is -0.385. The maximum absolute atomic E-state index is 12.7. The fourth-order valence-corrected chi connectivity index (χ4v) is 3.64. The van der Waals surface area contributed by atoms with E-state index in [0.717, 1.165) is 32.1 Å². The molecule has 0 fully saturated rings. The smallest absolute Gasteiger partial charge is 0.339 e. The predicted molar refractivity (Wildman–Crippen MR) is 121 cm³/mol. The van der Waals surface area contributed by atoms with Gasteiger partial charge in [0, 0.05) is 17.0 Å². The number of nitrogens with zero attached hydrogens (tertiary/aromatic N) is 1. The molecule has 1 atom stereocenters. The minimum absolute atomic E-state index is 0.0644. The van der Waals surface area contributed by atoms with Crippen LogP contribution in [0.25, 0.3) is 0 Å². The van der Waals surface area contributed by atoms with E-state index in [9.17, 15) is 19.7 Å². The van der Waals surface area contributed by atoms with Crippen molar-refractivity contribution in [3.05, 3.63) is 39.4 Å². The molecule has 0 aliphatic heterocycles. The Morgan fingerprint density at radius 2 is 1.79 bits per heavy atom. The fraction of sp³-hybridized carbons (Fsp3) is 0.619. The Morgan fingerprint density at radius 3 is 2.34 bits per heavy atom. The molecule has 0 aliphatic rings. The van der Waals surface area contributed by atoms with E-state index in [4.69, 9.17) is 4.74 Å². The molecule has 8 heteroatoms. The summed E-state index contributed by atoms with van der Waals surface area (Å²) in [4.78, 5) is 36.1. The summed E-state index contributed by atoms with van der Waals surface area (Å²) >= 11 is 6.55. The lowest BCUT2D eigenvalue weighted by atomic mass is 9.98. The molecule has 0 bridgehead atoms.